The van der Waals surface area contributed by atoms with E-state index in [1.54, 1.807) is 11.3 Å². The van der Waals surface area contributed by atoms with Crippen LogP contribution < -0.4 is 10.6 Å². The van der Waals surface area contributed by atoms with Gasteiger partial charge in [-0.3, -0.25) is 4.90 Å². The molecule has 0 unspecified atom stereocenters. The number of nitrogens with zero attached hydrogens (tertiary/aromatic N) is 5. The van der Waals surface area contributed by atoms with Gasteiger partial charge in [-0.15, -0.1) is 21.5 Å². The first-order valence-electron chi connectivity index (χ1n) is 10.0. The van der Waals surface area contributed by atoms with Gasteiger partial charge in [-0.2, -0.15) is 0 Å². The summed E-state index contributed by atoms with van der Waals surface area (Å²) in [6.07, 6.45) is 0.992. The van der Waals surface area contributed by atoms with Crippen LogP contribution in [0.15, 0.2) is 22.5 Å². The predicted octanol–water partition coefficient (Wildman–Crippen LogP) is 2.58. The lowest BCUT2D eigenvalue weighted by molar-refractivity contribution is 0.178. The van der Waals surface area contributed by atoms with Gasteiger partial charge in [0.2, 0.25) is 0 Å². The van der Waals surface area contributed by atoms with Crippen LogP contribution in [-0.2, 0) is 20.0 Å². The summed E-state index contributed by atoms with van der Waals surface area (Å²) in [7, 11) is 1.97. The van der Waals surface area contributed by atoms with Crippen LogP contribution in [0.1, 0.15) is 44.2 Å². The van der Waals surface area contributed by atoms with Gasteiger partial charge in [0, 0.05) is 43.6 Å². The number of aryl methyl sites for hydroxylation is 1. The SMILES string of the molecule is Cc1nnc(CN=C(NCCc2cccs2)NCCN(C(C)C)C(C)C)n1C. The van der Waals surface area contributed by atoms with Crippen molar-refractivity contribution in [3.63, 3.8) is 0 Å². The van der Waals surface area contributed by atoms with Gasteiger partial charge in [-0.25, -0.2) is 4.99 Å². The first-order chi connectivity index (χ1) is 13.4. The summed E-state index contributed by atoms with van der Waals surface area (Å²) < 4.78 is 1.98. The number of aromatic nitrogens is 3. The number of aliphatic imine (C=N–C) groups is 1. The molecule has 0 aliphatic heterocycles. The minimum Gasteiger partial charge on any atom is -0.356 e. The van der Waals surface area contributed by atoms with Gasteiger partial charge >= 0.3 is 0 Å². The van der Waals surface area contributed by atoms with Crippen molar-refractivity contribution < 1.29 is 0 Å². The third-order valence-corrected chi connectivity index (χ3v) is 5.73. The molecular weight excluding hydrogens is 370 g/mol. The molecule has 8 heteroatoms. The van der Waals surface area contributed by atoms with Gasteiger partial charge in [0.05, 0.1) is 0 Å². The Kier molecular flexibility index (Phi) is 8.92. The van der Waals surface area contributed by atoms with E-state index < -0.39 is 0 Å². The van der Waals surface area contributed by atoms with E-state index in [0.29, 0.717) is 18.6 Å². The summed E-state index contributed by atoms with van der Waals surface area (Å²) in [5, 5.41) is 17.4. The predicted molar refractivity (Wildman–Crippen MR) is 118 cm³/mol. The molecule has 0 saturated heterocycles. The summed E-state index contributed by atoms with van der Waals surface area (Å²) in [5.74, 6) is 2.59. The lowest BCUT2D eigenvalue weighted by Gasteiger charge is -2.30. The van der Waals surface area contributed by atoms with Crippen molar-refractivity contribution in [2.45, 2.75) is 59.7 Å². The maximum absolute atomic E-state index is 4.73. The largest absolute Gasteiger partial charge is 0.356 e. The molecule has 0 amide bonds. The highest BCUT2D eigenvalue weighted by atomic mass is 32.1. The monoisotopic (exact) mass is 405 g/mol. The lowest BCUT2D eigenvalue weighted by Crippen LogP contribution is -2.45. The zero-order valence-electron chi connectivity index (χ0n) is 18.1. The summed E-state index contributed by atoms with van der Waals surface area (Å²) in [6.45, 7) is 14.1. The fraction of sp³-hybridized carbons (Fsp3) is 0.650. The number of hydrogen-bond donors (Lipinski definition) is 2. The normalized spacial score (nSPS) is 12.4. The molecule has 0 aliphatic rings. The van der Waals surface area contributed by atoms with E-state index >= 15 is 0 Å². The van der Waals surface area contributed by atoms with Crippen molar-refractivity contribution >= 4 is 17.3 Å². The van der Waals surface area contributed by atoms with Crippen molar-refractivity contribution in [2.75, 3.05) is 19.6 Å². The van der Waals surface area contributed by atoms with Crippen LogP contribution >= 0.6 is 11.3 Å². The molecule has 2 rings (SSSR count). The van der Waals surface area contributed by atoms with Crippen molar-refractivity contribution in [1.82, 2.24) is 30.3 Å². The molecule has 7 nitrogen and oxygen atoms in total. The van der Waals surface area contributed by atoms with E-state index in [-0.39, 0.29) is 0 Å². The second-order valence-electron chi connectivity index (χ2n) is 7.50. The molecular formula is C20H35N7S. The van der Waals surface area contributed by atoms with Crippen molar-refractivity contribution in [1.29, 1.82) is 0 Å². The van der Waals surface area contributed by atoms with Crippen molar-refractivity contribution in [2.24, 2.45) is 12.0 Å². The Hall–Kier alpha value is -1.93. The van der Waals surface area contributed by atoms with E-state index in [1.165, 1.54) is 4.88 Å². The molecule has 0 saturated carbocycles. The maximum atomic E-state index is 4.73. The minimum atomic E-state index is 0.504. The molecule has 0 radical (unpaired) electrons. The molecule has 2 aromatic heterocycles. The second-order valence-corrected chi connectivity index (χ2v) is 8.53. The highest BCUT2D eigenvalue weighted by Gasteiger charge is 2.13. The van der Waals surface area contributed by atoms with E-state index in [2.05, 4.69) is 70.9 Å². The van der Waals surface area contributed by atoms with Crippen molar-refractivity contribution in [3.8, 4) is 0 Å². The van der Waals surface area contributed by atoms with Crippen LogP contribution in [-0.4, -0.2) is 57.3 Å². The van der Waals surface area contributed by atoms with Crippen LogP contribution in [0, 0.1) is 6.92 Å². The Morgan fingerprint density at radius 1 is 1.18 bits per heavy atom. The van der Waals surface area contributed by atoms with Gasteiger partial charge in [0.15, 0.2) is 11.8 Å². The molecule has 156 valence electrons. The third kappa shape index (κ3) is 6.91. The van der Waals surface area contributed by atoms with Gasteiger partial charge < -0.3 is 15.2 Å². The fourth-order valence-corrected chi connectivity index (χ4v) is 3.80. The molecule has 0 aromatic carbocycles. The van der Waals surface area contributed by atoms with Gasteiger partial charge in [-0.1, -0.05) is 6.07 Å². The molecule has 2 heterocycles. The second kappa shape index (κ2) is 11.2. The standard InChI is InChI=1S/C20H35N7S/c1-15(2)27(16(3)4)12-11-22-20(21-10-9-18-8-7-13-28-18)23-14-19-25-24-17(5)26(19)6/h7-8,13,15-16H,9-12,14H2,1-6H3,(H2,21,22,23). The molecule has 28 heavy (non-hydrogen) atoms. The fourth-order valence-electron chi connectivity index (χ4n) is 3.09. The molecule has 2 N–H and O–H groups in total. The van der Waals surface area contributed by atoms with Crippen LogP contribution in [0.3, 0.4) is 0 Å². The maximum Gasteiger partial charge on any atom is 0.191 e. The van der Waals surface area contributed by atoms with Gasteiger partial charge in [0.25, 0.3) is 0 Å². The van der Waals surface area contributed by atoms with E-state index in [0.717, 1.165) is 43.7 Å². The third-order valence-electron chi connectivity index (χ3n) is 4.79. The van der Waals surface area contributed by atoms with Gasteiger partial charge in [0.1, 0.15) is 12.4 Å². The zero-order valence-corrected chi connectivity index (χ0v) is 18.9. The summed E-state index contributed by atoms with van der Waals surface area (Å²) in [6, 6.07) is 5.31. The minimum absolute atomic E-state index is 0.504. The Bertz CT molecular complexity index is 711. The number of thiophene rings is 1. The first-order valence-corrected chi connectivity index (χ1v) is 10.9. The van der Waals surface area contributed by atoms with E-state index in [9.17, 15) is 0 Å². The highest BCUT2D eigenvalue weighted by Crippen LogP contribution is 2.08. The van der Waals surface area contributed by atoms with Crippen LogP contribution in [0.25, 0.3) is 0 Å². The smallest absolute Gasteiger partial charge is 0.191 e. The van der Waals surface area contributed by atoms with E-state index in [4.69, 9.17) is 4.99 Å². The zero-order chi connectivity index (χ0) is 20.5. The van der Waals surface area contributed by atoms with Crippen LogP contribution in [0.4, 0.5) is 0 Å². The number of guanidine groups is 1. The number of hydrogen-bond acceptors (Lipinski definition) is 5. The Labute approximate surface area is 173 Å². The highest BCUT2D eigenvalue weighted by molar-refractivity contribution is 7.09. The lowest BCUT2D eigenvalue weighted by atomic mass is 10.2. The quantitative estimate of drug-likeness (QED) is 0.470. The molecule has 0 spiro atoms. The molecule has 2 aromatic rings. The first kappa shape index (κ1) is 22.4. The summed E-state index contributed by atoms with van der Waals surface area (Å²) in [4.78, 5) is 8.58. The average molecular weight is 406 g/mol. The topological polar surface area (TPSA) is 70.4 Å². The molecule has 0 aliphatic carbocycles. The molecule has 0 fully saturated rings. The average Bonchev–Trinajstić information content (AvgIpc) is 3.26. The molecule has 0 atom stereocenters. The Morgan fingerprint density at radius 2 is 1.89 bits per heavy atom. The molecule has 0 bridgehead atoms. The number of rotatable bonds is 10. The Morgan fingerprint density at radius 3 is 2.46 bits per heavy atom. The van der Waals surface area contributed by atoms with Crippen LogP contribution in [0.2, 0.25) is 0 Å². The summed E-state index contributed by atoms with van der Waals surface area (Å²) >= 11 is 1.79. The van der Waals surface area contributed by atoms with Gasteiger partial charge in [-0.05, 0) is 52.5 Å². The van der Waals surface area contributed by atoms with E-state index in [1.807, 2.05) is 18.5 Å². The number of nitrogens with one attached hydrogen (secondary N) is 2. The van der Waals surface area contributed by atoms with Crippen molar-refractivity contribution in [3.05, 3.63) is 34.0 Å². The van der Waals surface area contributed by atoms with Crippen LogP contribution in [0.5, 0.6) is 0 Å². The summed E-state index contributed by atoms with van der Waals surface area (Å²) in [5.41, 5.74) is 0. The Balaban J connectivity index is 1.94.